The number of rotatable bonds is 3. The summed E-state index contributed by atoms with van der Waals surface area (Å²) in [5.41, 5.74) is 0.169. The number of nitrogens with one attached hydrogen (secondary N) is 1. The minimum atomic E-state index is -1.68. The summed E-state index contributed by atoms with van der Waals surface area (Å²) in [6.45, 7) is 5.81. The van der Waals surface area contributed by atoms with Crippen molar-refractivity contribution in [2.24, 2.45) is 5.41 Å². The molecule has 5 rings (SSSR count). The Morgan fingerprint density at radius 1 is 1.14 bits per heavy atom. The first kappa shape index (κ1) is 23.0. The number of hydrogen-bond donors (Lipinski definition) is 1. The van der Waals surface area contributed by atoms with Crippen molar-refractivity contribution in [1.29, 1.82) is 0 Å². The minimum Gasteiger partial charge on any atom is -0.352 e. The van der Waals surface area contributed by atoms with E-state index in [0.29, 0.717) is 28.6 Å². The molecule has 0 aliphatic carbocycles. The van der Waals surface area contributed by atoms with Crippen molar-refractivity contribution < 1.29 is 14.4 Å². The van der Waals surface area contributed by atoms with Crippen molar-refractivity contribution in [2.75, 3.05) is 11.4 Å². The molecule has 0 unspecified atom stereocenters. The molecule has 35 heavy (non-hydrogen) atoms. The molecule has 0 bridgehead atoms. The van der Waals surface area contributed by atoms with Crippen LogP contribution in [0.1, 0.15) is 30.5 Å². The van der Waals surface area contributed by atoms with Gasteiger partial charge in [0.05, 0.1) is 18.2 Å². The molecule has 4 heterocycles. The highest BCUT2D eigenvalue weighted by atomic mass is 35.5. The molecule has 1 N–H and O–H groups in total. The summed E-state index contributed by atoms with van der Waals surface area (Å²) in [5, 5.41) is 2.76. The van der Waals surface area contributed by atoms with Crippen molar-refractivity contribution >= 4 is 40.9 Å². The molecule has 1 spiro atoms. The van der Waals surface area contributed by atoms with E-state index in [4.69, 9.17) is 16.6 Å². The lowest BCUT2D eigenvalue weighted by atomic mass is 9.69. The molecule has 3 aromatic rings. The van der Waals surface area contributed by atoms with Crippen LogP contribution in [-0.2, 0) is 22.6 Å². The molecule has 1 saturated heterocycles. The van der Waals surface area contributed by atoms with Gasteiger partial charge < -0.3 is 4.90 Å². The van der Waals surface area contributed by atoms with Gasteiger partial charge in [0.25, 0.3) is 5.56 Å². The van der Waals surface area contributed by atoms with E-state index in [9.17, 15) is 19.2 Å². The zero-order valence-corrected chi connectivity index (χ0v) is 20.3. The number of imide groups is 2. The monoisotopic (exact) mass is 493 g/mol. The van der Waals surface area contributed by atoms with Crippen LogP contribution >= 0.6 is 11.6 Å². The van der Waals surface area contributed by atoms with Crippen LogP contribution in [0, 0.1) is 12.3 Å². The Labute approximate surface area is 206 Å². The van der Waals surface area contributed by atoms with Gasteiger partial charge >= 0.3 is 6.03 Å². The van der Waals surface area contributed by atoms with E-state index in [0.717, 1.165) is 10.5 Å². The molecule has 4 amide bonds. The van der Waals surface area contributed by atoms with Crippen molar-refractivity contribution in [1.82, 2.24) is 19.6 Å². The standard InChI is InChI=1S/C25H24ClN5O4/c1-4-29-15(3)25(12-17-20(29)27-19-14(2)8-7-11-30(19)21(17)32)22(33)28-24(35)31(23(25)34)13-16-9-5-6-10-18(16)26/h5-11,15H,4,12-13H2,1-3H3,(H,28,33,35)/t15-,25-/m0/s1. The van der Waals surface area contributed by atoms with E-state index in [1.54, 1.807) is 48.4 Å². The molecule has 2 aromatic heterocycles. The number of benzene rings is 1. The van der Waals surface area contributed by atoms with Crippen LogP contribution in [0.3, 0.4) is 0 Å². The second-order valence-electron chi connectivity index (χ2n) is 8.96. The molecule has 1 aromatic carbocycles. The van der Waals surface area contributed by atoms with Gasteiger partial charge in [-0.15, -0.1) is 0 Å². The number of fused-ring (bicyclic) bond motifs is 2. The average Bonchev–Trinajstić information content (AvgIpc) is 2.83. The largest absolute Gasteiger partial charge is 0.352 e. The number of nitrogens with zero attached hydrogens (tertiary/aromatic N) is 4. The maximum Gasteiger partial charge on any atom is 0.331 e. The average molecular weight is 494 g/mol. The summed E-state index contributed by atoms with van der Waals surface area (Å²) in [6, 6.07) is 9.04. The number of carbonyl (C=O) groups excluding carboxylic acids is 3. The Kier molecular flexibility index (Phi) is 5.40. The van der Waals surface area contributed by atoms with Gasteiger partial charge in [0.1, 0.15) is 11.5 Å². The lowest BCUT2D eigenvalue weighted by molar-refractivity contribution is -0.153. The van der Waals surface area contributed by atoms with Crippen molar-refractivity contribution in [3.8, 4) is 0 Å². The van der Waals surface area contributed by atoms with Gasteiger partial charge in [-0.1, -0.05) is 35.9 Å². The second kappa shape index (κ2) is 8.20. The summed E-state index contributed by atoms with van der Waals surface area (Å²) >= 11 is 6.28. The molecule has 0 saturated carbocycles. The predicted molar refractivity (Wildman–Crippen MR) is 130 cm³/mol. The molecular formula is C25H24ClN5O4. The van der Waals surface area contributed by atoms with Gasteiger partial charge in [-0.2, -0.15) is 0 Å². The first-order valence-corrected chi connectivity index (χ1v) is 11.8. The third kappa shape index (κ3) is 3.25. The summed E-state index contributed by atoms with van der Waals surface area (Å²) in [4.78, 5) is 61.3. The van der Waals surface area contributed by atoms with E-state index < -0.39 is 29.3 Å². The lowest BCUT2D eigenvalue weighted by Gasteiger charge is -2.49. The van der Waals surface area contributed by atoms with E-state index in [-0.39, 0.29) is 24.1 Å². The second-order valence-corrected chi connectivity index (χ2v) is 9.36. The normalized spacial score (nSPS) is 22.1. The number of amides is 4. The molecule has 1 fully saturated rings. The van der Waals surface area contributed by atoms with Crippen LogP contribution in [0.2, 0.25) is 5.02 Å². The first-order valence-electron chi connectivity index (χ1n) is 11.4. The van der Waals surface area contributed by atoms with E-state index in [2.05, 4.69) is 5.32 Å². The SMILES string of the molecule is CCN1c2nc3c(C)cccn3c(=O)c2C[C@@]2(C(=O)NC(=O)N(Cc3ccccc3Cl)C2=O)[C@@H]1C. The topological polar surface area (TPSA) is 104 Å². The first-order chi connectivity index (χ1) is 16.7. The number of pyridine rings is 1. The molecule has 10 heteroatoms. The molecule has 0 radical (unpaired) electrons. The fourth-order valence-electron chi connectivity index (χ4n) is 5.19. The van der Waals surface area contributed by atoms with Crippen LogP contribution < -0.4 is 15.8 Å². The van der Waals surface area contributed by atoms with Crippen LogP contribution in [0.15, 0.2) is 47.4 Å². The van der Waals surface area contributed by atoms with Crippen molar-refractivity contribution in [3.05, 3.63) is 74.7 Å². The smallest absolute Gasteiger partial charge is 0.331 e. The van der Waals surface area contributed by atoms with Gasteiger partial charge in [0.15, 0.2) is 5.41 Å². The van der Waals surface area contributed by atoms with Gasteiger partial charge in [0, 0.05) is 24.2 Å². The zero-order valence-electron chi connectivity index (χ0n) is 19.5. The van der Waals surface area contributed by atoms with Crippen molar-refractivity contribution in [3.63, 3.8) is 0 Å². The van der Waals surface area contributed by atoms with E-state index in [1.807, 2.05) is 19.9 Å². The van der Waals surface area contributed by atoms with E-state index >= 15 is 0 Å². The lowest BCUT2D eigenvalue weighted by Crippen LogP contribution is -2.71. The van der Waals surface area contributed by atoms with Gasteiger partial charge in [-0.25, -0.2) is 9.78 Å². The minimum absolute atomic E-state index is 0.0980. The number of hydrogen-bond acceptors (Lipinski definition) is 6. The van der Waals surface area contributed by atoms with Gasteiger partial charge in [-0.05, 0) is 44.0 Å². The number of carbonyl (C=O) groups is 3. The number of anilines is 1. The molecule has 2 atom stereocenters. The fraction of sp³-hybridized carbons (Fsp3) is 0.320. The van der Waals surface area contributed by atoms with Crippen LogP contribution in [0.5, 0.6) is 0 Å². The molecular weight excluding hydrogens is 470 g/mol. The molecule has 180 valence electrons. The highest BCUT2D eigenvalue weighted by Gasteiger charge is 2.61. The zero-order chi connectivity index (χ0) is 25.1. The molecule has 9 nitrogen and oxygen atoms in total. The van der Waals surface area contributed by atoms with E-state index in [1.165, 1.54) is 4.40 Å². The number of barbiturate groups is 1. The maximum atomic E-state index is 14.0. The summed E-state index contributed by atoms with van der Waals surface area (Å²) in [5.74, 6) is -0.912. The molecule has 2 aliphatic rings. The fourth-order valence-corrected chi connectivity index (χ4v) is 5.38. The predicted octanol–water partition coefficient (Wildman–Crippen LogP) is 2.69. The summed E-state index contributed by atoms with van der Waals surface area (Å²) in [7, 11) is 0. The molecule has 2 aliphatic heterocycles. The summed E-state index contributed by atoms with van der Waals surface area (Å²) in [6.07, 6.45) is 1.45. The third-order valence-corrected chi connectivity index (χ3v) is 7.52. The maximum absolute atomic E-state index is 14.0. The number of halogens is 1. The van der Waals surface area contributed by atoms with Gasteiger partial charge in [0.2, 0.25) is 11.8 Å². The number of urea groups is 1. The van der Waals surface area contributed by atoms with Crippen LogP contribution in [0.4, 0.5) is 10.6 Å². The van der Waals surface area contributed by atoms with Crippen LogP contribution in [0.25, 0.3) is 5.65 Å². The highest BCUT2D eigenvalue weighted by molar-refractivity contribution is 6.31. The summed E-state index contributed by atoms with van der Waals surface area (Å²) < 4.78 is 1.43. The third-order valence-electron chi connectivity index (χ3n) is 7.15. The highest BCUT2D eigenvalue weighted by Crippen LogP contribution is 2.43. The van der Waals surface area contributed by atoms with Gasteiger partial charge in [-0.3, -0.25) is 29.0 Å². The quantitative estimate of drug-likeness (QED) is 0.562. The Bertz CT molecular complexity index is 1470. The Morgan fingerprint density at radius 2 is 1.89 bits per heavy atom. The number of aryl methyl sites for hydroxylation is 1. The Hall–Kier alpha value is -3.72. The Morgan fingerprint density at radius 3 is 2.60 bits per heavy atom. The van der Waals surface area contributed by atoms with Crippen LogP contribution in [-0.4, -0.2) is 44.7 Å². The Balaban J connectivity index is 1.67. The van der Waals surface area contributed by atoms with Crippen molar-refractivity contribution in [2.45, 2.75) is 39.8 Å². The number of aromatic nitrogens is 2.